The predicted octanol–water partition coefficient (Wildman–Crippen LogP) is 3.54. The fourth-order valence-electron chi connectivity index (χ4n) is 1.24. The minimum absolute atomic E-state index is 0. The van der Waals surface area contributed by atoms with Gasteiger partial charge in [-0.2, -0.15) is 35.2 Å². The van der Waals surface area contributed by atoms with Crippen LogP contribution in [0.5, 0.6) is 0 Å². The van der Waals surface area contributed by atoms with Crippen LogP contribution in [0.3, 0.4) is 0 Å². The van der Waals surface area contributed by atoms with E-state index in [1.165, 1.54) is 0 Å². The standard InChI is InChI=1S/C7H13FNO.2C2H6N.CH3.Zr/c1-9-5-10-7-4-2-3-6(7)8;2*1-3-2;;/h6-7H,2-5H2,1H3;2*1-2H3;1H3;/q4*-1;+4. The fourth-order valence-corrected chi connectivity index (χ4v) is 1.24. The van der Waals surface area contributed by atoms with Gasteiger partial charge in [-0.05, 0) is 26.0 Å². The molecule has 6 heteroatoms. The normalized spacial score (nSPS) is 20.3. The summed E-state index contributed by atoms with van der Waals surface area (Å²) in [5.41, 5.74) is 0. The summed E-state index contributed by atoms with van der Waals surface area (Å²) in [4.78, 5) is 0. The average molecular weight is 341 g/mol. The first kappa shape index (κ1) is 27.1. The Balaban J connectivity index is -0.000000106. The van der Waals surface area contributed by atoms with Gasteiger partial charge in [-0.15, -0.1) is 0 Å². The first-order valence-corrected chi connectivity index (χ1v) is 5.44. The van der Waals surface area contributed by atoms with E-state index in [0.717, 1.165) is 12.8 Å². The Morgan fingerprint density at radius 2 is 1.50 bits per heavy atom. The van der Waals surface area contributed by atoms with E-state index >= 15 is 0 Å². The zero-order chi connectivity index (χ0) is 12.8. The molecule has 0 saturated heterocycles. The molecule has 1 fully saturated rings. The molecule has 2 unspecified atom stereocenters. The summed E-state index contributed by atoms with van der Waals surface area (Å²) in [6.45, 7) is 0.338. The van der Waals surface area contributed by atoms with Crippen molar-refractivity contribution in [3.05, 3.63) is 23.4 Å². The van der Waals surface area contributed by atoms with Gasteiger partial charge in [-0.1, -0.05) is 0 Å². The van der Waals surface area contributed by atoms with E-state index < -0.39 is 6.17 Å². The molecule has 1 aliphatic rings. The van der Waals surface area contributed by atoms with Gasteiger partial charge in [0.2, 0.25) is 0 Å². The predicted molar refractivity (Wildman–Crippen MR) is 74.6 cm³/mol. The Hall–Kier alpha value is 0.653. The van der Waals surface area contributed by atoms with Crippen molar-refractivity contribution in [2.24, 2.45) is 0 Å². The van der Waals surface area contributed by atoms with Crippen molar-refractivity contribution in [3.63, 3.8) is 0 Å². The van der Waals surface area contributed by atoms with Gasteiger partial charge in [-0.3, -0.25) is 0 Å². The Morgan fingerprint density at radius 3 is 1.78 bits per heavy atom. The first-order chi connectivity index (χ1) is 7.67. The van der Waals surface area contributed by atoms with E-state index in [4.69, 9.17) is 4.74 Å². The van der Waals surface area contributed by atoms with Gasteiger partial charge in [0, 0.05) is 0 Å². The van der Waals surface area contributed by atoms with Crippen LogP contribution in [-0.2, 0) is 30.9 Å². The van der Waals surface area contributed by atoms with Crippen molar-refractivity contribution in [3.8, 4) is 0 Å². The second-order valence-corrected chi connectivity index (χ2v) is 3.49. The number of hydrogen-bond donors (Lipinski definition) is 0. The van der Waals surface area contributed by atoms with Crippen LogP contribution in [0.25, 0.3) is 16.0 Å². The zero-order valence-corrected chi connectivity index (χ0v) is 15.1. The topological polar surface area (TPSA) is 51.5 Å². The molecule has 0 spiro atoms. The number of halogens is 1. The third kappa shape index (κ3) is 19.0. The maximum absolute atomic E-state index is 12.7. The molecule has 2 atom stereocenters. The summed E-state index contributed by atoms with van der Waals surface area (Å²) in [6.07, 6.45) is 1.55. The van der Waals surface area contributed by atoms with Crippen LogP contribution in [0.15, 0.2) is 0 Å². The van der Waals surface area contributed by atoms with Crippen molar-refractivity contribution in [2.75, 3.05) is 42.0 Å². The molecule has 1 saturated carbocycles. The van der Waals surface area contributed by atoms with Crippen molar-refractivity contribution in [1.82, 2.24) is 0 Å². The molecule has 0 aromatic heterocycles. The third-order valence-electron chi connectivity index (χ3n) is 1.79. The smallest absolute Gasteiger partial charge is 0.668 e. The van der Waals surface area contributed by atoms with Crippen molar-refractivity contribution < 1.29 is 35.3 Å². The third-order valence-corrected chi connectivity index (χ3v) is 1.79. The van der Waals surface area contributed by atoms with E-state index in [1.54, 1.807) is 35.2 Å². The second kappa shape index (κ2) is 22.8. The number of nitrogens with zero attached hydrogens (tertiary/aromatic N) is 3. The fraction of sp³-hybridized carbons (Fsp3) is 0.917. The number of ether oxygens (including phenoxy) is 1. The van der Waals surface area contributed by atoms with Crippen LogP contribution in [0.4, 0.5) is 4.39 Å². The largest absolute Gasteiger partial charge is 4.00 e. The summed E-state index contributed by atoms with van der Waals surface area (Å²) in [5, 5.41) is 10.7. The molecule has 18 heavy (non-hydrogen) atoms. The Kier molecular flexibility index (Phi) is 34.3. The summed E-state index contributed by atoms with van der Waals surface area (Å²) >= 11 is 0. The summed E-state index contributed by atoms with van der Waals surface area (Å²) in [5.74, 6) is 0. The molecule has 108 valence electrons. The zero-order valence-electron chi connectivity index (χ0n) is 12.6. The van der Waals surface area contributed by atoms with Gasteiger partial charge in [-0.25, -0.2) is 4.39 Å². The van der Waals surface area contributed by atoms with Crippen molar-refractivity contribution in [2.45, 2.75) is 31.5 Å². The van der Waals surface area contributed by atoms with Crippen LogP contribution in [-0.4, -0.2) is 54.2 Å². The molecule has 0 N–H and O–H groups in total. The van der Waals surface area contributed by atoms with E-state index in [-0.39, 0.29) is 39.7 Å². The van der Waals surface area contributed by atoms with Crippen molar-refractivity contribution in [1.29, 1.82) is 0 Å². The van der Waals surface area contributed by atoms with Gasteiger partial charge in [0.05, 0.1) is 6.10 Å². The molecule has 0 amide bonds. The molecule has 1 aliphatic carbocycles. The number of hydrogen-bond acceptors (Lipinski definition) is 1. The van der Waals surface area contributed by atoms with Gasteiger partial charge < -0.3 is 28.1 Å². The molecule has 0 bridgehead atoms. The maximum atomic E-state index is 12.7. The summed E-state index contributed by atoms with van der Waals surface area (Å²) < 4.78 is 17.9. The average Bonchev–Trinajstić information content (AvgIpc) is 2.63. The molecule has 4 nitrogen and oxygen atoms in total. The monoisotopic (exact) mass is 339 g/mol. The second-order valence-electron chi connectivity index (χ2n) is 3.49. The molecular formula is C12H28FN3OZr. The van der Waals surface area contributed by atoms with Gasteiger partial charge in [0.15, 0.2) is 0 Å². The van der Waals surface area contributed by atoms with E-state index in [2.05, 4.69) is 16.0 Å². The van der Waals surface area contributed by atoms with E-state index in [0.29, 0.717) is 13.2 Å². The van der Waals surface area contributed by atoms with Crippen LogP contribution >= 0.6 is 0 Å². The molecule has 0 aliphatic heterocycles. The Morgan fingerprint density at radius 1 is 1.06 bits per heavy atom. The van der Waals surface area contributed by atoms with Crippen LogP contribution in [0.1, 0.15) is 19.3 Å². The number of rotatable bonds is 3. The summed E-state index contributed by atoms with van der Waals surface area (Å²) in [7, 11) is 8.67. The van der Waals surface area contributed by atoms with Gasteiger partial charge in [0.1, 0.15) is 6.17 Å². The molecule has 0 heterocycles. The quantitative estimate of drug-likeness (QED) is 0.725. The van der Waals surface area contributed by atoms with E-state index in [9.17, 15) is 4.39 Å². The van der Waals surface area contributed by atoms with Crippen LogP contribution < -0.4 is 0 Å². The van der Waals surface area contributed by atoms with E-state index in [1.807, 2.05) is 0 Å². The molecule has 0 aromatic carbocycles. The molecular weight excluding hydrogens is 312 g/mol. The minimum atomic E-state index is -0.748. The molecule has 0 radical (unpaired) electrons. The van der Waals surface area contributed by atoms with Gasteiger partial charge >= 0.3 is 26.2 Å². The SMILES string of the molecule is C[N-]C.C[N-]C.C[N-]COC1CCCC1F.[CH3-].[Zr+4]. The summed E-state index contributed by atoms with van der Waals surface area (Å²) in [6, 6.07) is 0. The first-order valence-electron chi connectivity index (χ1n) is 5.44. The number of alkyl halides is 1. The molecule has 0 aromatic rings. The minimum Gasteiger partial charge on any atom is -0.668 e. The van der Waals surface area contributed by atoms with Gasteiger partial charge in [0.25, 0.3) is 0 Å². The Labute approximate surface area is 132 Å². The maximum Gasteiger partial charge on any atom is 4.00 e. The Bertz CT molecular complexity index is 132. The van der Waals surface area contributed by atoms with Crippen LogP contribution in [0.2, 0.25) is 0 Å². The molecule has 1 rings (SSSR count). The van der Waals surface area contributed by atoms with Crippen LogP contribution in [0, 0.1) is 7.43 Å². The van der Waals surface area contributed by atoms with Crippen molar-refractivity contribution >= 4 is 0 Å².